The molecule has 1 radical (unpaired) electrons. The Balaban J connectivity index is 2.95. The summed E-state index contributed by atoms with van der Waals surface area (Å²) in [4.78, 5) is 10.8. The zero-order valence-electron chi connectivity index (χ0n) is 5.16. The first-order valence-corrected chi connectivity index (χ1v) is 2.74. The number of allylic oxidation sites excluding steroid dienone is 4. The van der Waals surface area contributed by atoms with Gasteiger partial charge in [-0.15, -0.1) is 0 Å². The SMILES string of the molecule is N#CC1C(=O)[C]=CC=C1N. The molecule has 0 saturated carbocycles. The van der Waals surface area contributed by atoms with E-state index in [1.54, 1.807) is 6.07 Å². The van der Waals surface area contributed by atoms with Crippen molar-refractivity contribution in [3.05, 3.63) is 23.9 Å². The Kier molecular flexibility index (Phi) is 1.55. The van der Waals surface area contributed by atoms with Gasteiger partial charge in [0.2, 0.25) is 0 Å². The summed E-state index contributed by atoms with van der Waals surface area (Å²) in [5.74, 6) is -1.17. The monoisotopic (exact) mass is 133 g/mol. The van der Waals surface area contributed by atoms with Crippen molar-refractivity contribution in [3.63, 3.8) is 0 Å². The third-order valence-electron chi connectivity index (χ3n) is 1.23. The van der Waals surface area contributed by atoms with Crippen LogP contribution in [0.4, 0.5) is 0 Å². The smallest absolute Gasteiger partial charge is 0.186 e. The third-order valence-corrected chi connectivity index (χ3v) is 1.23. The topological polar surface area (TPSA) is 66.9 Å². The Morgan fingerprint density at radius 3 is 2.90 bits per heavy atom. The van der Waals surface area contributed by atoms with Gasteiger partial charge in [-0.2, -0.15) is 5.26 Å². The molecule has 0 bridgehead atoms. The third kappa shape index (κ3) is 0.914. The number of Topliss-reactive ketones (excluding diaryl/α,β-unsaturated/α-hetero) is 1. The largest absolute Gasteiger partial charge is 0.401 e. The Bertz CT molecular complexity index is 257. The molecule has 49 valence electrons. The maximum absolute atomic E-state index is 10.8. The van der Waals surface area contributed by atoms with E-state index in [0.717, 1.165) is 0 Å². The molecule has 0 spiro atoms. The van der Waals surface area contributed by atoms with Crippen LogP contribution < -0.4 is 5.73 Å². The molecule has 0 fully saturated rings. The molecular formula is C7H5N2O. The van der Waals surface area contributed by atoms with Gasteiger partial charge >= 0.3 is 0 Å². The number of hydrogen-bond acceptors (Lipinski definition) is 3. The quantitative estimate of drug-likeness (QED) is 0.502. The number of hydrogen-bond donors (Lipinski definition) is 1. The molecule has 0 heterocycles. The van der Waals surface area contributed by atoms with E-state index in [1.165, 1.54) is 12.2 Å². The van der Waals surface area contributed by atoms with Crippen LogP contribution in [0.3, 0.4) is 0 Å². The normalized spacial score (nSPS) is 23.7. The van der Waals surface area contributed by atoms with Crippen molar-refractivity contribution in [3.8, 4) is 6.07 Å². The standard InChI is InChI=1S/C7H5N2O/c8-4-5-6(9)2-1-3-7(5)10/h1-2,5H,9H2. The van der Waals surface area contributed by atoms with Gasteiger partial charge in [0.05, 0.1) is 6.07 Å². The average Bonchev–Trinajstić information content (AvgIpc) is 1.88. The van der Waals surface area contributed by atoms with Gasteiger partial charge in [-0.25, -0.2) is 0 Å². The predicted octanol–water partition coefficient (Wildman–Crippen LogP) is -0.0891. The molecule has 3 nitrogen and oxygen atoms in total. The van der Waals surface area contributed by atoms with E-state index in [2.05, 4.69) is 6.08 Å². The van der Waals surface area contributed by atoms with Gasteiger partial charge in [-0.3, -0.25) is 4.79 Å². The maximum Gasteiger partial charge on any atom is 0.186 e. The lowest BCUT2D eigenvalue weighted by Gasteiger charge is -2.06. The first-order valence-electron chi connectivity index (χ1n) is 2.74. The molecule has 0 aromatic carbocycles. The van der Waals surface area contributed by atoms with Gasteiger partial charge in [0.1, 0.15) is 5.92 Å². The van der Waals surface area contributed by atoms with Crippen LogP contribution in [0.25, 0.3) is 0 Å². The first kappa shape index (κ1) is 6.56. The van der Waals surface area contributed by atoms with Crippen LogP contribution in [0.5, 0.6) is 0 Å². The van der Waals surface area contributed by atoms with Crippen LogP contribution in [0, 0.1) is 23.3 Å². The number of ketones is 1. The Morgan fingerprint density at radius 2 is 2.50 bits per heavy atom. The van der Waals surface area contributed by atoms with Crippen LogP contribution in [-0.2, 0) is 4.79 Å². The molecule has 0 aromatic heterocycles. The molecule has 1 rings (SSSR count). The Morgan fingerprint density at radius 1 is 1.80 bits per heavy atom. The highest BCUT2D eigenvalue weighted by molar-refractivity contribution is 5.93. The second-order valence-corrected chi connectivity index (χ2v) is 1.90. The van der Waals surface area contributed by atoms with Gasteiger partial charge in [-0.1, -0.05) is 0 Å². The van der Waals surface area contributed by atoms with Crippen LogP contribution in [-0.4, -0.2) is 5.78 Å². The van der Waals surface area contributed by atoms with Gasteiger partial charge in [0.25, 0.3) is 0 Å². The van der Waals surface area contributed by atoms with Gasteiger partial charge in [0.15, 0.2) is 5.78 Å². The van der Waals surface area contributed by atoms with Gasteiger partial charge in [0, 0.05) is 11.8 Å². The molecule has 2 N–H and O–H groups in total. The molecule has 0 aliphatic heterocycles. The van der Waals surface area contributed by atoms with E-state index in [9.17, 15) is 4.79 Å². The summed E-state index contributed by atoms with van der Waals surface area (Å²) in [6.45, 7) is 0. The Hall–Kier alpha value is -1.56. The molecular weight excluding hydrogens is 128 g/mol. The number of carbonyl (C=O) groups is 1. The fraction of sp³-hybridized carbons (Fsp3) is 0.143. The Labute approximate surface area is 58.4 Å². The molecule has 10 heavy (non-hydrogen) atoms. The highest BCUT2D eigenvalue weighted by Crippen LogP contribution is 2.10. The summed E-state index contributed by atoms with van der Waals surface area (Å²) in [6, 6.07) is 1.78. The minimum Gasteiger partial charge on any atom is -0.401 e. The molecule has 1 aliphatic rings. The van der Waals surface area contributed by atoms with Gasteiger partial charge < -0.3 is 5.73 Å². The van der Waals surface area contributed by atoms with Crippen molar-refractivity contribution < 1.29 is 4.79 Å². The average molecular weight is 133 g/mol. The van der Waals surface area contributed by atoms with E-state index < -0.39 is 5.92 Å². The number of nitriles is 1. The van der Waals surface area contributed by atoms with E-state index in [1.807, 2.05) is 0 Å². The summed E-state index contributed by atoms with van der Waals surface area (Å²) in [6.07, 6.45) is 5.30. The molecule has 1 unspecified atom stereocenters. The van der Waals surface area contributed by atoms with Crippen LogP contribution in [0.1, 0.15) is 0 Å². The molecule has 0 aromatic rings. The van der Waals surface area contributed by atoms with Gasteiger partial charge in [-0.05, 0) is 12.2 Å². The highest BCUT2D eigenvalue weighted by atomic mass is 16.1. The predicted molar refractivity (Wildman–Crippen MR) is 34.2 cm³/mol. The highest BCUT2D eigenvalue weighted by Gasteiger charge is 2.20. The van der Waals surface area contributed by atoms with Crippen molar-refractivity contribution in [2.75, 3.05) is 0 Å². The summed E-state index contributed by atoms with van der Waals surface area (Å²) in [5, 5.41) is 8.39. The zero-order valence-corrected chi connectivity index (χ0v) is 5.16. The number of nitrogens with two attached hydrogens (primary N) is 1. The van der Waals surface area contributed by atoms with E-state index in [0.29, 0.717) is 5.70 Å². The van der Waals surface area contributed by atoms with Crippen molar-refractivity contribution in [1.29, 1.82) is 5.26 Å². The molecule has 3 heteroatoms. The van der Waals surface area contributed by atoms with Crippen LogP contribution >= 0.6 is 0 Å². The van der Waals surface area contributed by atoms with Crippen molar-refractivity contribution in [2.45, 2.75) is 0 Å². The lowest BCUT2D eigenvalue weighted by molar-refractivity contribution is -0.116. The number of nitrogens with zero attached hydrogens (tertiary/aromatic N) is 1. The van der Waals surface area contributed by atoms with E-state index in [-0.39, 0.29) is 5.78 Å². The minimum absolute atomic E-state index is 0.297. The first-order chi connectivity index (χ1) is 4.75. The summed E-state index contributed by atoms with van der Waals surface area (Å²) >= 11 is 0. The fourth-order valence-electron chi connectivity index (χ4n) is 0.684. The van der Waals surface area contributed by atoms with Crippen molar-refractivity contribution in [2.24, 2.45) is 11.7 Å². The summed E-state index contributed by atoms with van der Waals surface area (Å²) in [7, 11) is 0. The number of rotatable bonds is 0. The van der Waals surface area contributed by atoms with Crippen LogP contribution in [0.15, 0.2) is 17.8 Å². The lowest BCUT2D eigenvalue weighted by Crippen LogP contribution is -2.20. The molecule has 1 aliphatic carbocycles. The lowest BCUT2D eigenvalue weighted by atomic mass is 9.98. The van der Waals surface area contributed by atoms with E-state index >= 15 is 0 Å². The zero-order chi connectivity index (χ0) is 7.56. The molecule has 0 amide bonds. The van der Waals surface area contributed by atoms with Crippen molar-refractivity contribution in [1.82, 2.24) is 0 Å². The maximum atomic E-state index is 10.8. The fourth-order valence-corrected chi connectivity index (χ4v) is 0.684. The van der Waals surface area contributed by atoms with Crippen LogP contribution in [0.2, 0.25) is 0 Å². The molecule has 1 atom stereocenters. The summed E-state index contributed by atoms with van der Waals surface area (Å²) in [5.41, 5.74) is 5.62. The minimum atomic E-state index is -0.815. The summed E-state index contributed by atoms with van der Waals surface area (Å²) < 4.78 is 0. The molecule has 0 saturated heterocycles. The number of carbonyl (C=O) groups excluding carboxylic acids is 1. The van der Waals surface area contributed by atoms with Crippen molar-refractivity contribution >= 4 is 5.78 Å². The van der Waals surface area contributed by atoms with E-state index in [4.69, 9.17) is 11.0 Å². The second-order valence-electron chi connectivity index (χ2n) is 1.90. The second kappa shape index (κ2) is 2.36.